The molecule has 0 aliphatic carbocycles. The monoisotopic (exact) mass is 451 g/mol. The number of anilines is 1. The van der Waals surface area contributed by atoms with Gasteiger partial charge in [-0.05, 0) is 41.6 Å². The maximum atomic E-state index is 12.5. The highest BCUT2D eigenvalue weighted by Gasteiger charge is 2.36. The second-order valence-electron chi connectivity index (χ2n) is 5.76. The summed E-state index contributed by atoms with van der Waals surface area (Å²) >= 11 is 12.4. The largest absolute Gasteiger partial charge is 0.323 e. The molecule has 0 saturated carbocycles. The van der Waals surface area contributed by atoms with E-state index in [9.17, 15) is 24.5 Å². The van der Waals surface area contributed by atoms with Gasteiger partial charge in [-0.1, -0.05) is 41.4 Å². The number of nitro groups is 1. The SMILES string of the molecule is O=C(CN1C(=O)S/C(=C/c2ccc(Cl)c([N+](=O)[O-])c2)C1=O)Nc1ccccc1Cl. The van der Waals surface area contributed by atoms with Crippen LogP contribution in [0.3, 0.4) is 0 Å². The van der Waals surface area contributed by atoms with Crippen molar-refractivity contribution in [1.82, 2.24) is 4.90 Å². The van der Waals surface area contributed by atoms with Crippen molar-refractivity contribution in [2.45, 2.75) is 0 Å². The lowest BCUT2D eigenvalue weighted by molar-refractivity contribution is -0.384. The minimum absolute atomic E-state index is 0.0390. The lowest BCUT2D eigenvalue weighted by Crippen LogP contribution is -2.36. The molecule has 2 aromatic carbocycles. The fraction of sp³-hybridized carbons (Fsp3) is 0.0556. The number of carbonyl (C=O) groups is 3. The van der Waals surface area contributed by atoms with E-state index in [1.165, 1.54) is 24.3 Å². The number of thioether (sulfide) groups is 1. The van der Waals surface area contributed by atoms with Crippen molar-refractivity contribution in [3.05, 3.63) is 73.1 Å². The van der Waals surface area contributed by atoms with Crippen LogP contribution in [0, 0.1) is 10.1 Å². The van der Waals surface area contributed by atoms with Crippen molar-refractivity contribution in [3.8, 4) is 0 Å². The van der Waals surface area contributed by atoms with Crippen molar-refractivity contribution in [2.75, 3.05) is 11.9 Å². The lowest BCUT2D eigenvalue weighted by Gasteiger charge is -2.13. The highest BCUT2D eigenvalue weighted by molar-refractivity contribution is 8.18. The molecule has 11 heteroatoms. The summed E-state index contributed by atoms with van der Waals surface area (Å²) in [5.41, 5.74) is 0.362. The molecule has 0 spiro atoms. The molecule has 1 aliphatic rings. The summed E-state index contributed by atoms with van der Waals surface area (Å²) < 4.78 is 0. The molecule has 3 amide bonds. The molecule has 1 heterocycles. The summed E-state index contributed by atoms with van der Waals surface area (Å²) in [5, 5.41) is 13.2. The van der Waals surface area contributed by atoms with Crippen LogP contribution in [0.4, 0.5) is 16.2 Å². The summed E-state index contributed by atoms with van der Waals surface area (Å²) in [6, 6.07) is 10.5. The molecule has 148 valence electrons. The number of hydrogen-bond donors (Lipinski definition) is 1. The maximum Gasteiger partial charge on any atom is 0.294 e. The normalized spacial score (nSPS) is 15.1. The molecular formula is C18H11Cl2N3O5S. The lowest BCUT2D eigenvalue weighted by atomic mass is 10.2. The average molecular weight is 452 g/mol. The quantitative estimate of drug-likeness (QED) is 0.404. The van der Waals surface area contributed by atoms with Crippen LogP contribution in [-0.4, -0.2) is 33.4 Å². The predicted molar refractivity (Wildman–Crippen MR) is 111 cm³/mol. The average Bonchev–Trinajstić information content (AvgIpc) is 2.92. The first-order chi connectivity index (χ1) is 13.8. The van der Waals surface area contributed by atoms with Crippen molar-refractivity contribution < 1.29 is 19.3 Å². The molecule has 1 saturated heterocycles. The Balaban J connectivity index is 1.75. The van der Waals surface area contributed by atoms with Crippen LogP contribution in [0.5, 0.6) is 0 Å². The number of carbonyl (C=O) groups excluding carboxylic acids is 3. The number of benzene rings is 2. The van der Waals surface area contributed by atoms with E-state index in [1.807, 2.05) is 0 Å². The highest BCUT2D eigenvalue weighted by atomic mass is 35.5. The van der Waals surface area contributed by atoms with Gasteiger partial charge in [-0.15, -0.1) is 0 Å². The molecule has 0 unspecified atom stereocenters. The standard InChI is InChI=1S/C18H11Cl2N3O5S/c19-11-3-1-2-4-13(11)21-16(24)9-22-17(25)15(29-18(22)26)8-10-5-6-12(20)14(7-10)23(27)28/h1-8H,9H2,(H,21,24)/b15-8+. The van der Waals surface area contributed by atoms with Gasteiger partial charge >= 0.3 is 0 Å². The zero-order chi connectivity index (χ0) is 21.1. The third-order valence-electron chi connectivity index (χ3n) is 3.79. The van der Waals surface area contributed by atoms with Gasteiger partial charge in [0.05, 0.1) is 20.5 Å². The van der Waals surface area contributed by atoms with E-state index in [-0.39, 0.29) is 15.6 Å². The van der Waals surface area contributed by atoms with Gasteiger partial charge in [0, 0.05) is 6.07 Å². The van der Waals surface area contributed by atoms with Crippen molar-refractivity contribution in [2.24, 2.45) is 0 Å². The number of imide groups is 1. The summed E-state index contributed by atoms with van der Waals surface area (Å²) in [4.78, 5) is 48.0. The Morgan fingerprint density at radius 1 is 1.17 bits per heavy atom. The van der Waals surface area contributed by atoms with Gasteiger partial charge in [0.25, 0.3) is 16.8 Å². The summed E-state index contributed by atoms with van der Waals surface area (Å²) in [6.07, 6.45) is 1.33. The van der Waals surface area contributed by atoms with E-state index >= 15 is 0 Å². The Labute approximate surface area is 178 Å². The Kier molecular flexibility index (Phi) is 6.21. The molecule has 0 aromatic heterocycles. The van der Waals surface area contributed by atoms with Gasteiger partial charge in [-0.2, -0.15) is 0 Å². The number of nitro benzene ring substituents is 1. The summed E-state index contributed by atoms with van der Waals surface area (Å²) in [5.74, 6) is -1.27. The Morgan fingerprint density at radius 2 is 1.90 bits per heavy atom. The van der Waals surface area contributed by atoms with Crippen LogP contribution in [0.1, 0.15) is 5.56 Å². The van der Waals surface area contributed by atoms with E-state index in [4.69, 9.17) is 23.2 Å². The molecule has 0 radical (unpaired) electrons. The topological polar surface area (TPSA) is 110 Å². The Bertz CT molecular complexity index is 1070. The van der Waals surface area contributed by atoms with Gasteiger partial charge in [0.15, 0.2) is 0 Å². The second-order valence-corrected chi connectivity index (χ2v) is 7.57. The van der Waals surface area contributed by atoms with Crippen LogP contribution < -0.4 is 5.32 Å². The molecule has 1 aliphatic heterocycles. The third kappa shape index (κ3) is 4.76. The molecule has 3 rings (SSSR count). The van der Waals surface area contributed by atoms with Gasteiger partial charge in [0.1, 0.15) is 11.6 Å². The van der Waals surface area contributed by atoms with Crippen LogP contribution in [0.15, 0.2) is 47.4 Å². The fourth-order valence-electron chi connectivity index (χ4n) is 2.44. The van der Waals surface area contributed by atoms with E-state index in [2.05, 4.69) is 5.32 Å². The second kappa shape index (κ2) is 8.64. The molecular weight excluding hydrogens is 441 g/mol. The Hall–Kier alpha value is -2.88. The first-order valence-electron chi connectivity index (χ1n) is 8.00. The van der Waals surface area contributed by atoms with E-state index in [1.54, 1.807) is 24.3 Å². The van der Waals surface area contributed by atoms with Crippen LogP contribution in [0.25, 0.3) is 6.08 Å². The number of hydrogen-bond acceptors (Lipinski definition) is 6. The molecule has 29 heavy (non-hydrogen) atoms. The number of nitrogens with one attached hydrogen (secondary N) is 1. The first-order valence-corrected chi connectivity index (χ1v) is 9.57. The molecule has 8 nitrogen and oxygen atoms in total. The fourth-order valence-corrected chi connectivity index (χ4v) is 3.65. The smallest absolute Gasteiger partial charge is 0.294 e. The predicted octanol–water partition coefficient (Wildman–Crippen LogP) is 4.58. The molecule has 1 N–H and O–H groups in total. The first kappa shape index (κ1) is 20.8. The van der Waals surface area contributed by atoms with E-state index in [0.29, 0.717) is 28.0 Å². The van der Waals surface area contributed by atoms with Crippen LogP contribution >= 0.6 is 35.0 Å². The number of para-hydroxylation sites is 1. The molecule has 0 atom stereocenters. The van der Waals surface area contributed by atoms with E-state index in [0.717, 1.165) is 4.90 Å². The molecule has 1 fully saturated rings. The van der Waals surface area contributed by atoms with Gasteiger partial charge in [-0.25, -0.2) is 0 Å². The minimum atomic E-state index is -0.674. The van der Waals surface area contributed by atoms with Gasteiger partial charge in [-0.3, -0.25) is 29.4 Å². The summed E-state index contributed by atoms with van der Waals surface area (Å²) in [6.45, 7) is -0.492. The van der Waals surface area contributed by atoms with Crippen LogP contribution in [0.2, 0.25) is 10.0 Å². The van der Waals surface area contributed by atoms with Gasteiger partial charge in [0.2, 0.25) is 5.91 Å². The highest BCUT2D eigenvalue weighted by Crippen LogP contribution is 2.33. The number of nitrogens with zero attached hydrogens (tertiary/aromatic N) is 2. The van der Waals surface area contributed by atoms with Crippen molar-refractivity contribution in [1.29, 1.82) is 0 Å². The summed E-state index contributed by atoms with van der Waals surface area (Å²) in [7, 11) is 0. The van der Waals surface area contributed by atoms with Crippen molar-refractivity contribution >= 4 is 69.5 Å². The molecule has 0 bridgehead atoms. The van der Waals surface area contributed by atoms with Crippen molar-refractivity contribution in [3.63, 3.8) is 0 Å². The third-order valence-corrected chi connectivity index (χ3v) is 5.34. The van der Waals surface area contributed by atoms with Gasteiger partial charge < -0.3 is 5.32 Å². The Morgan fingerprint density at radius 3 is 2.59 bits per heavy atom. The zero-order valence-electron chi connectivity index (χ0n) is 14.4. The zero-order valence-corrected chi connectivity index (χ0v) is 16.8. The number of amides is 3. The number of rotatable bonds is 5. The van der Waals surface area contributed by atoms with Crippen LogP contribution in [-0.2, 0) is 9.59 Å². The van der Waals surface area contributed by atoms with E-state index < -0.39 is 28.5 Å². The molecule has 2 aromatic rings. The number of halogens is 2. The minimum Gasteiger partial charge on any atom is -0.323 e. The maximum absolute atomic E-state index is 12.5.